The minimum atomic E-state index is 0.567. The third kappa shape index (κ3) is 4.50. The monoisotopic (exact) mass is 392 g/mol. The number of rotatable bonds is 3. The predicted molar refractivity (Wildman–Crippen MR) is 92.2 cm³/mol. The maximum Gasteiger partial charge on any atom is 0.0650 e. The van der Waals surface area contributed by atoms with Gasteiger partial charge in [-0.2, -0.15) is 0 Å². The Morgan fingerprint density at radius 1 is 1.47 bits per heavy atom. The van der Waals surface area contributed by atoms with Gasteiger partial charge in [0, 0.05) is 22.7 Å². The first-order valence-corrected chi connectivity index (χ1v) is 8.45. The molecule has 1 aromatic carbocycles. The smallest absolute Gasteiger partial charge is 0.0650 e. The molecule has 0 spiro atoms. The molecule has 2 nitrogen and oxygen atoms in total. The molecule has 0 bridgehead atoms. The molecule has 1 fully saturated rings. The van der Waals surface area contributed by atoms with Crippen LogP contribution in [0.3, 0.4) is 0 Å². The molecule has 1 aliphatic heterocycles. The van der Waals surface area contributed by atoms with E-state index >= 15 is 0 Å². The van der Waals surface area contributed by atoms with Crippen molar-refractivity contribution in [3.8, 4) is 0 Å². The van der Waals surface area contributed by atoms with Crippen LogP contribution in [0.4, 0.5) is 5.69 Å². The molecular weight excluding hydrogens is 371 g/mol. The molecule has 106 valence electrons. The summed E-state index contributed by atoms with van der Waals surface area (Å²) < 4.78 is 1.19. The second-order valence-electron chi connectivity index (χ2n) is 5.68. The fraction of sp³-hybridized carbons (Fsp3) is 0.600. The molecule has 0 saturated carbocycles. The predicted octanol–water partition coefficient (Wildman–Crippen LogP) is 4.16. The third-order valence-electron chi connectivity index (χ3n) is 3.48. The van der Waals surface area contributed by atoms with Crippen LogP contribution in [0.25, 0.3) is 0 Å². The fourth-order valence-corrected chi connectivity index (χ4v) is 3.66. The Morgan fingerprint density at radius 3 is 2.95 bits per heavy atom. The van der Waals surface area contributed by atoms with Gasteiger partial charge in [-0.3, -0.25) is 0 Å². The van der Waals surface area contributed by atoms with Crippen LogP contribution in [0, 0.1) is 9.49 Å². The van der Waals surface area contributed by atoms with Gasteiger partial charge in [-0.15, -0.1) is 0 Å². The number of halogens is 2. The van der Waals surface area contributed by atoms with Gasteiger partial charge in [-0.05, 0) is 66.1 Å². The lowest BCUT2D eigenvalue weighted by Gasteiger charge is -2.28. The van der Waals surface area contributed by atoms with Gasteiger partial charge < -0.3 is 10.2 Å². The molecule has 0 aliphatic carbocycles. The summed E-state index contributed by atoms with van der Waals surface area (Å²) in [6.07, 6.45) is 2.40. The van der Waals surface area contributed by atoms with Gasteiger partial charge in [0.2, 0.25) is 0 Å². The highest BCUT2D eigenvalue weighted by Gasteiger charge is 2.20. The quantitative estimate of drug-likeness (QED) is 0.777. The molecule has 1 saturated heterocycles. The number of anilines is 1. The Kier molecular flexibility index (Phi) is 5.78. The van der Waals surface area contributed by atoms with E-state index in [0.717, 1.165) is 30.6 Å². The van der Waals surface area contributed by atoms with Crippen molar-refractivity contribution in [2.24, 2.45) is 5.92 Å². The molecule has 1 heterocycles. The van der Waals surface area contributed by atoms with Gasteiger partial charge in [-0.1, -0.05) is 25.4 Å². The first kappa shape index (κ1) is 15.4. The van der Waals surface area contributed by atoms with Gasteiger partial charge >= 0.3 is 0 Å². The number of nitrogens with one attached hydrogen (secondary N) is 1. The van der Waals surface area contributed by atoms with E-state index in [4.69, 9.17) is 11.6 Å². The zero-order valence-corrected chi connectivity index (χ0v) is 14.5. The molecule has 1 unspecified atom stereocenters. The van der Waals surface area contributed by atoms with Crippen molar-refractivity contribution < 1.29 is 0 Å². The van der Waals surface area contributed by atoms with Crippen LogP contribution in [0.15, 0.2) is 18.2 Å². The van der Waals surface area contributed by atoms with Crippen LogP contribution >= 0.6 is 34.2 Å². The summed E-state index contributed by atoms with van der Waals surface area (Å²) in [6, 6.07) is 6.91. The lowest BCUT2D eigenvalue weighted by atomic mass is 10.0. The second-order valence-corrected chi connectivity index (χ2v) is 7.33. The first-order valence-electron chi connectivity index (χ1n) is 6.99. The van der Waals surface area contributed by atoms with Gasteiger partial charge in [0.05, 0.1) is 10.7 Å². The molecule has 0 aromatic heterocycles. The summed E-state index contributed by atoms with van der Waals surface area (Å²) in [6.45, 7) is 7.82. The number of nitrogens with zero attached hydrogens (tertiary/aromatic N) is 1. The first-order chi connectivity index (χ1) is 9.06. The molecule has 4 heteroatoms. The molecule has 2 rings (SSSR count). The largest absolute Gasteiger partial charge is 0.369 e. The highest BCUT2D eigenvalue weighted by atomic mass is 127. The van der Waals surface area contributed by atoms with Gasteiger partial charge in [0.15, 0.2) is 0 Å². The van der Waals surface area contributed by atoms with Gasteiger partial charge in [0.1, 0.15) is 0 Å². The molecule has 19 heavy (non-hydrogen) atoms. The normalized spacial score (nSPS) is 20.7. The molecule has 1 atom stereocenters. The zero-order valence-electron chi connectivity index (χ0n) is 11.6. The minimum Gasteiger partial charge on any atom is -0.369 e. The average Bonchev–Trinajstić information content (AvgIpc) is 2.53. The summed E-state index contributed by atoms with van der Waals surface area (Å²) in [5.74, 6) is 0.727. The van der Waals surface area contributed by atoms with Crippen molar-refractivity contribution >= 4 is 39.9 Å². The van der Waals surface area contributed by atoms with E-state index < -0.39 is 0 Å². The van der Waals surface area contributed by atoms with Crippen LogP contribution in [-0.4, -0.2) is 25.7 Å². The molecule has 1 aliphatic rings. The molecule has 1 N–H and O–H groups in total. The third-order valence-corrected chi connectivity index (χ3v) is 4.46. The Bertz CT molecular complexity index is 423. The lowest BCUT2D eigenvalue weighted by molar-refractivity contribution is 0.436. The minimum absolute atomic E-state index is 0.567. The maximum absolute atomic E-state index is 6.40. The van der Waals surface area contributed by atoms with Crippen molar-refractivity contribution in [3.05, 3.63) is 26.8 Å². The van der Waals surface area contributed by atoms with Crippen LogP contribution < -0.4 is 10.2 Å². The summed E-state index contributed by atoms with van der Waals surface area (Å²) in [7, 11) is 0. The summed E-state index contributed by atoms with van der Waals surface area (Å²) >= 11 is 8.71. The molecular formula is C15H22ClIN2. The van der Waals surface area contributed by atoms with Gasteiger partial charge in [0.25, 0.3) is 0 Å². The molecule has 0 amide bonds. The molecule has 1 aromatic rings. The van der Waals surface area contributed by atoms with Crippen LogP contribution in [0.1, 0.15) is 26.7 Å². The Balaban J connectivity index is 2.13. The number of hydrogen-bond donors (Lipinski definition) is 1. The SMILES string of the molecule is CC(C)CC1CN(c2ccc(I)cc2Cl)CCCN1. The van der Waals surface area contributed by atoms with Crippen molar-refractivity contribution in [3.63, 3.8) is 0 Å². The van der Waals surface area contributed by atoms with Crippen LogP contribution in [-0.2, 0) is 0 Å². The van der Waals surface area contributed by atoms with Gasteiger partial charge in [-0.25, -0.2) is 0 Å². The van der Waals surface area contributed by atoms with E-state index in [1.165, 1.54) is 22.1 Å². The Hall–Kier alpha value is -0.000000000000000132. The van der Waals surface area contributed by atoms with E-state index in [1.807, 2.05) is 6.07 Å². The Morgan fingerprint density at radius 2 is 2.26 bits per heavy atom. The number of benzene rings is 1. The summed E-state index contributed by atoms with van der Waals surface area (Å²) in [4.78, 5) is 2.44. The highest BCUT2D eigenvalue weighted by Crippen LogP contribution is 2.28. The Labute approximate surface area is 135 Å². The van der Waals surface area contributed by atoms with Crippen molar-refractivity contribution in [2.45, 2.75) is 32.7 Å². The van der Waals surface area contributed by atoms with E-state index in [1.54, 1.807) is 0 Å². The van der Waals surface area contributed by atoms with E-state index in [2.05, 4.69) is 58.8 Å². The van der Waals surface area contributed by atoms with Crippen molar-refractivity contribution in [1.82, 2.24) is 5.32 Å². The van der Waals surface area contributed by atoms with E-state index in [9.17, 15) is 0 Å². The summed E-state index contributed by atoms with van der Waals surface area (Å²) in [5.41, 5.74) is 1.18. The molecule has 0 radical (unpaired) electrons. The van der Waals surface area contributed by atoms with Crippen LogP contribution in [0.5, 0.6) is 0 Å². The van der Waals surface area contributed by atoms with Crippen LogP contribution in [0.2, 0.25) is 5.02 Å². The number of hydrogen-bond acceptors (Lipinski definition) is 2. The van der Waals surface area contributed by atoms with Crippen molar-refractivity contribution in [1.29, 1.82) is 0 Å². The fourth-order valence-electron chi connectivity index (χ4n) is 2.68. The van der Waals surface area contributed by atoms with E-state index in [-0.39, 0.29) is 0 Å². The second kappa shape index (κ2) is 7.14. The topological polar surface area (TPSA) is 15.3 Å². The average molecular weight is 393 g/mol. The highest BCUT2D eigenvalue weighted by molar-refractivity contribution is 14.1. The van der Waals surface area contributed by atoms with E-state index in [0.29, 0.717) is 6.04 Å². The van der Waals surface area contributed by atoms with Crippen molar-refractivity contribution in [2.75, 3.05) is 24.5 Å². The maximum atomic E-state index is 6.40. The lowest BCUT2D eigenvalue weighted by Crippen LogP contribution is -2.38. The standard InChI is InChI=1S/C15H22ClIN2/c1-11(2)8-13-10-19(7-3-6-18-13)15-5-4-12(17)9-14(15)16/h4-5,9,11,13,18H,3,6-8,10H2,1-2H3. The zero-order chi connectivity index (χ0) is 13.8. The summed E-state index contributed by atoms with van der Waals surface area (Å²) in [5, 5.41) is 4.53.